The van der Waals surface area contributed by atoms with Gasteiger partial charge < -0.3 is 9.80 Å². The van der Waals surface area contributed by atoms with Gasteiger partial charge in [0.05, 0.1) is 11.4 Å². The third-order valence-corrected chi connectivity index (χ3v) is 11.0. The molecule has 0 saturated heterocycles. The molecule has 0 radical (unpaired) electrons. The SMILES string of the molecule is C1=CC(N(c2ccc3ccccc3c2)c2cccc3ccccc23)(N(c2ccc3ccccc3c2)c2cccc3ccccc23)C=CC1c1ccccc1. The molecule has 0 N–H and O–H groups in total. The molecular weight excluding hydrogens is 653 g/mol. The molecule has 0 bridgehead atoms. The van der Waals surface area contributed by atoms with E-state index in [1.807, 2.05) is 0 Å². The van der Waals surface area contributed by atoms with Crippen molar-refractivity contribution in [3.05, 3.63) is 230 Å². The van der Waals surface area contributed by atoms with Crippen LogP contribution in [0.25, 0.3) is 43.1 Å². The highest BCUT2D eigenvalue weighted by atomic mass is 15.4. The number of fused-ring (bicyclic) bond motifs is 4. The van der Waals surface area contributed by atoms with E-state index >= 15 is 0 Å². The summed E-state index contributed by atoms with van der Waals surface area (Å²) in [5.74, 6) is 0.122. The average molecular weight is 691 g/mol. The lowest BCUT2D eigenvalue weighted by molar-refractivity contribution is 0.629. The lowest BCUT2D eigenvalue weighted by Crippen LogP contribution is -2.56. The van der Waals surface area contributed by atoms with Crippen LogP contribution in [0, 0.1) is 0 Å². The van der Waals surface area contributed by atoms with E-state index < -0.39 is 5.66 Å². The second-order valence-corrected chi connectivity index (χ2v) is 14.2. The molecule has 54 heavy (non-hydrogen) atoms. The molecule has 0 heterocycles. The van der Waals surface area contributed by atoms with Crippen molar-refractivity contribution >= 4 is 65.8 Å². The van der Waals surface area contributed by atoms with Gasteiger partial charge in [0, 0.05) is 28.1 Å². The Labute approximate surface area is 316 Å². The Kier molecular flexibility index (Phi) is 7.81. The second kappa shape index (κ2) is 13.3. The summed E-state index contributed by atoms with van der Waals surface area (Å²) in [6, 6.07) is 72.8. The molecule has 1 aliphatic rings. The molecular formula is C52H38N2. The lowest BCUT2D eigenvalue weighted by Gasteiger charge is -2.51. The minimum atomic E-state index is -0.843. The summed E-state index contributed by atoms with van der Waals surface area (Å²) < 4.78 is 0. The van der Waals surface area contributed by atoms with Crippen molar-refractivity contribution in [2.45, 2.75) is 11.6 Å². The zero-order chi connectivity index (χ0) is 35.9. The largest absolute Gasteiger partial charge is 0.310 e. The summed E-state index contributed by atoms with van der Waals surface area (Å²) >= 11 is 0. The van der Waals surface area contributed by atoms with Gasteiger partial charge in [-0.25, -0.2) is 0 Å². The van der Waals surface area contributed by atoms with Gasteiger partial charge in [-0.3, -0.25) is 0 Å². The molecule has 1 aliphatic carbocycles. The number of nitrogens with zero attached hydrogens (tertiary/aromatic N) is 2. The normalized spacial score (nSPS) is 13.9. The molecule has 2 nitrogen and oxygen atoms in total. The summed E-state index contributed by atoms with van der Waals surface area (Å²) in [4.78, 5) is 5.12. The molecule has 0 aliphatic heterocycles. The predicted octanol–water partition coefficient (Wildman–Crippen LogP) is 13.9. The van der Waals surface area contributed by atoms with Crippen LogP contribution >= 0.6 is 0 Å². The van der Waals surface area contributed by atoms with Crippen molar-refractivity contribution in [2.24, 2.45) is 0 Å². The van der Waals surface area contributed by atoms with Crippen LogP contribution in [0.5, 0.6) is 0 Å². The maximum absolute atomic E-state index is 2.56. The van der Waals surface area contributed by atoms with Crippen LogP contribution in [0.4, 0.5) is 22.7 Å². The molecule has 0 amide bonds. The predicted molar refractivity (Wildman–Crippen MR) is 230 cm³/mol. The quantitative estimate of drug-likeness (QED) is 0.121. The Balaban J connectivity index is 1.33. The Bertz CT molecular complexity index is 2680. The molecule has 0 unspecified atom stereocenters. The Morgan fingerprint density at radius 1 is 0.333 bits per heavy atom. The van der Waals surface area contributed by atoms with E-state index in [2.05, 4.69) is 234 Å². The fourth-order valence-corrected chi connectivity index (χ4v) is 8.42. The minimum Gasteiger partial charge on any atom is -0.310 e. The second-order valence-electron chi connectivity index (χ2n) is 14.2. The van der Waals surface area contributed by atoms with Crippen LogP contribution in [-0.2, 0) is 0 Å². The van der Waals surface area contributed by atoms with Gasteiger partial charge in [0.25, 0.3) is 0 Å². The fraction of sp³-hybridized carbons (Fsp3) is 0.0385. The first-order valence-electron chi connectivity index (χ1n) is 18.7. The molecule has 0 atom stereocenters. The smallest absolute Gasteiger partial charge is 0.160 e. The fourth-order valence-electron chi connectivity index (χ4n) is 8.42. The third kappa shape index (κ3) is 5.43. The highest BCUT2D eigenvalue weighted by Crippen LogP contribution is 2.49. The third-order valence-electron chi connectivity index (χ3n) is 11.0. The number of allylic oxidation sites excluding steroid dienone is 2. The van der Waals surface area contributed by atoms with Gasteiger partial charge in [-0.1, -0.05) is 176 Å². The number of hydrogen-bond donors (Lipinski definition) is 0. The van der Waals surface area contributed by atoms with Crippen LogP contribution in [0.3, 0.4) is 0 Å². The number of benzene rings is 9. The highest BCUT2D eigenvalue weighted by Gasteiger charge is 2.43. The van der Waals surface area contributed by atoms with Crippen LogP contribution < -0.4 is 9.80 Å². The zero-order valence-electron chi connectivity index (χ0n) is 29.8. The van der Waals surface area contributed by atoms with Crippen molar-refractivity contribution in [2.75, 3.05) is 9.80 Å². The van der Waals surface area contributed by atoms with E-state index in [4.69, 9.17) is 0 Å². The molecule has 9 aromatic carbocycles. The van der Waals surface area contributed by atoms with Gasteiger partial charge in [-0.15, -0.1) is 0 Å². The molecule has 2 heteroatoms. The summed E-state index contributed by atoms with van der Waals surface area (Å²) in [5, 5.41) is 9.60. The summed E-state index contributed by atoms with van der Waals surface area (Å²) in [6.07, 6.45) is 9.68. The monoisotopic (exact) mass is 690 g/mol. The van der Waals surface area contributed by atoms with Crippen LogP contribution in [0.1, 0.15) is 11.5 Å². The molecule has 0 saturated carbocycles. The van der Waals surface area contributed by atoms with Crippen molar-refractivity contribution in [1.82, 2.24) is 0 Å². The maximum atomic E-state index is 2.56. The number of hydrogen-bond acceptors (Lipinski definition) is 2. The van der Waals surface area contributed by atoms with Gasteiger partial charge in [0.15, 0.2) is 5.66 Å². The minimum absolute atomic E-state index is 0.122. The van der Waals surface area contributed by atoms with E-state index in [1.165, 1.54) is 48.7 Å². The van der Waals surface area contributed by atoms with E-state index in [9.17, 15) is 0 Å². The molecule has 0 spiro atoms. The van der Waals surface area contributed by atoms with Crippen molar-refractivity contribution in [1.29, 1.82) is 0 Å². The van der Waals surface area contributed by atoms with Gasteiger partial charge in [0.1, 0.15) is 0 Å². The zero-order valence-corrected chi connectivity index (χ0v) is 29.8. The van der Waals surface area contributed by atoms with Crippen LogP contribution in [0.2, 0.25) is 0 Å². The average Bonchev–Trinajstić information content (AvgIpc) is 3.24. The van der Waals surface area contributed by atoms with E-state index in [-0.39, 0.29) is 5.92 Å². The topological polar surface area (TPSA) is 6.48 Å². The summed E-state index contributed by atoms with van der Waals surface area (Å²) in [5.41, 5.74) is 4.88. The van der Waals surface area contributed by atoms with Crippen LogP contribution in [-0.4, -0.2) is 5.66 Å². The molecule has 256 valence electrons. The van der Waals surface area contributed by atoms with Crippen molar-refractivity contribution in [3.8, 4) is 0 Å². The lowest BCUT2D eigenvalue weighted by atomic mass is 9.86. The van der Waals surface area contributed by atoms with Gasteiger partial charge in [-0.2, -0.15) is 0 Å². The Hall–Kier alpha value is -6.90. The standard InChI is InChI=1S/C52H38N2/c1-2-14-38(15-3-1)41-32-34-52(35-33-41,53(46-30-28-39-16-4-6-20-44(39)36-46)50-26-12-22-42-18-8-10-24-48(42)50)54(47-31-29-40-17-5-7-21-45(40)37-47)51-27-13-23-43-19-9-11-25-49(43)51/h1-37,41H. The molecule has 10 rings (SSSR count). The van der Waals surface area contributed by atoms with Gasteiger partial charge in [-0.05, 0) is 86.4 Å². The number of rotatable bonds is 7. The van der Waals surface area contributed by atoms with E-state index in [0.717, 1.165) is 22.7 Å². The maximum Gasteiger partial charge on any atom is 0.160 e. The molecule has 0 fully saturated rings. The summed E-state index contributed by atoms with van der Waals surface area (Å²) in [7, 11) is 0. The van der Waals surface area contributed by atoms with E-state index in [0.29, 0.717) is 0 Å². The molecule has 0 aromatic heterocycles. The van der Waals surface area contributed by atoms with Crippen LogP contribution in [0.15, 0.2) is 224 Å². The first-order chi connectivity index (χ1) is 26.7. The van der Waals surface area contributed by atoms with Gasteiger partial charge in [0.2, 0.25) is 0 Å². The van der Waals surface area contributed by atoms with Gasteiger partial charge >= 0.3 is 0 Å². The summed E-state index contributed by atoms with van der Waals surface area (Å²) in [6.45, 7) is 0. The first-order valence-corrected chi connectivity index (χ1v) is 18.7. The molecule has 9 aromatic rings. The first kappa shape index (κ1) is 31.8. The van der Waals surface area contributed by atoms with Crippen molar-refractivity contribution < 1.29 is 0 Å². The highest BCUT2D eigenvalue weighted by molar-refractivity contribution is 6.02. The Morgan fingerprint density at radius 2 is 0.741 bits per heavy atom. The Morgan fingerprint density at radius 3 is 1.24 bits per heavy atom. The van der Waals surface area contributed by atoms with Crippen molar-refractivity contribution in [3.63, 3.8) is 0 Å². The van der Waals surface area contributed by atoms with E-state index in [1.54, 1.807) is 0 Å². The number of anilines is 4.